The monoisotopic (exact) mass is 398 g/mol. The summed E-state index contributed by atoms with van der Waals surface area (Å²) in [6.07, 6.45) is 1.59. The van der Waals surface area contributed by atoms with Gasteiger partial charge in [-0.25, -0.2) is 8.42 Å². The number of nitro groups is 1. The maximum absolute atomic E-state index is 12.0. The molecule has 0 spiro atoms. The number of hydrogen-bond donors (Lipinski definition) is 1. The molecule has 0 aliphatic carbocycles. The van der Waals surface area contributed by atoms with Crippen LogP contribution in [0.25, 0.3) is 0 Å². The third-order valence-corrected chi connectivity index (χ3v) is 5.02. The molecule has 1 aromatic carbocycles. The van der Waals surface area contributed by atoms with E-state index in [1.54, 1.807) is 0 Å². The summed E-state index contributed by atoms with van der Waals surface area (Å²) in [5.41, 5.74) is -0.683. The smallest absolute Gasteiger partial charge is 0.271 e. The van der Waals surface area contributed by atoms with E-state index in [1.165, 1.54) is 0 Å². The zero-order valence-electron chi connectivity index (χ0n) is 10.9. The fourth-order valence-electron chi connectivity index (χ4n) is 1.51. The molecule has 1 amide bonds. The van der Waals surface area contributed by atoms with E-state index in [-0.39, 0.29) is 10.0 Å². The Kier molecular flexibility index (Phi) is 6.11. The van der Waals surface area contributed by atoms with Crippen molar-refractivity contribution >= 4 is 47.3 Å². The Morgan fingerprint density at radius 3 is 2.57 bits per heavy atom. The molecule has 0 atom stereocenters. The molecule has 0 saturated carbocycles. The van der Waals surface area contributed by atoms with Crippen LogP contribution in [-0.4, -0.2) is 25.8 Å². The number of benzene rings is 1. The first kappa shape index (κ1) is 17.9. The van der Waals surface area contributed by atoms with Gasteiger partial charge in [-0.1, -0.05) is 13.3 Å². The quantitative estimate of drug-likeness (QED) is 0.342. The van der Waals surface area contributed by atoms with E-state index in [1.807, 2.05) is 6.92 Å². The Bertz CT molecular complexity index is 677. The van der Waals surface area contributed by atoms with Gasteiger partial charge in [-0.3, -0.25) is 14.9 Å². The third kappa shape index (κ3) is 4.65. The lowest BCUT2D eigenvalue weighted by atomic mass is 10.2. The second kappa shape index (κ2) is 7.19. The molecule has 10 heteroatoms. The zero-order valence-corrected chi connectivity index (χ0v) is 14.1. The molecule has 0 heterocycles. The molecule has 1 N–H and O–H groups in total. The molecule has 0 radical (unpaired) electrons. The van der Waals surface area contributed by atoms with E-state index in [0.29, 0.717) is 6.54 Å². The van der Waals surface area contributed by atoms with Gasteiger partial charge in [0.05, 0.1) is 15.0 Å². The highest BCUT2D eigenvalue weighted by atomic mass is 79.9. The van der Waals surface area contributed by atoms with Crippen molar-refractivity contribution in [3.8, 4) is 0 Å². The summed E-state index contributed by atoms with van der Waals surface area (Å²) >= 11 is 2.96. The lowest BCUT2D eigenvalue weighted by molar-refractivity contribution is -0.385. The van der Waals surface area contributed by atoms with Gasteiger partial charge in [0.15, 0.2) is 0 Å². The van der Waals surface area contributed by atoms with Crippen molar-refractivity contribution in [3.05, 3.63) is 32.3 Å². The molecular formula is C11H12BrClN2O5S. The van der Waals surface area contributed by atoms with E-state index in [4.69, 9.17) is 10.7 Å². The standard InChI is InChI=1S/C11H12BrClN2O5S/c1-2-3-4-14-11(16)8-5-7(15(17)18)6-9(10(8)12)21(13,19)20/h5-6H,2-4H2,1H3,(H,14,16). The normalized spacial score (nSPS) is 11.2. The Balaban J connectivity index is 3.34. The summed E-state index contributed by atoms with van der Waals surface area (Å²) in [6.45, 7) is 2.32. The number of hydrogen-bond acceptors (Lipinski definition) is 5. The molecule has 0 saturated heterocycles. The Labute approximate surface area is 134 Å². The molecule has 0 aliphatic heterocycles. The maximum Gasteiger partial charge on any atom is 0.271 e. The van der Waals surface area contributed by atoms with Gasteiger partial charge in [0.2, 0.25) is 0 Å². The van der Waals surface area contributed by atoms with E-state index in [0.717, 1.165) is 25.0 Å². The number of halogens is 2. The van der Waals surface area contributed by atoms with E-state index >= 15 is 0 Å². The number of unbranched alkanes of at least 4 members (excludes halogenated alkanes) is 1. The van der Waals surface area contributed by atoms with Crippen LogP contribution in [0.4, 0.5) is 5.69 Å². The molecule has 0 fully saturated rings. The SMILES string of the molecule is CCCCNC(=O)c1cc([N+](=O)[O-])cc(S(=O)(=O)Cl)c1Br. The van der Waals surface area contributed by atoms with Crippen LogP contribution < -0.4 is 5.32 Å². The summed E-state index contributed by atoms with van der Waals surface area (Å²) in [7, 11) is 1.00. The molecule has 0 unspecified atom stereocenters. The minimum atomic E-state index is -4.23. The average Bonchev–Trinajstić information content (AvgIpc) is 2.37. The summed E-state index contributed by atoms with van der Waals surface area (Å²) in [5.74, 6) is -0.611. The van der Waals surface area contributed by atoms with Gasteiger partial charge in [-0.05, 0) is 22.4 Å². The van der Waals surface area contributed by atoms with Crippen LogP contribution >= 0.6 is 26.6 Å². The van der Waals surface area contributed by atoms with Gasteiger partial charge in [0.1, 0.15) is 4.90 Å². The fourth-order valence-corrected chi connectivity index (χ4v) is 3.78. The summed E-state index contributed by atoms with van der Waals surface area (Å²) < 4.78 is 22.8. The van der Waals surface area contributed by atoms with Crippen LogP contribution in [0.3, 0.4) is 0 Å². The number of amides is 1. The number of nitro benzene ring substituents is 1. The van der Waals surface area contributed by atoms with Gasteiger partial charge < -0.3 is 5.32 Å². The molecule has 7 nitrogen and oxygen atoms in total. The van der Waals surface area contributed by atoms with Crippen LogP contribution in [-0.2, 0) is 9.05 Å². The molecular weight excluding hydrogens is 388 g/mol. The highest BCUT2D eigenvalue weighted by molar-refractivity contribution is 9.10. The van der Waals surface area contributed by atoms with Gasteiger partial charge in [-0.2, -0.15) is 0 Å². The number of carbonyl (C=O) groups is 1. The van der Waals surface area contributed by atoms with Gasteiger partial charge >= 0.3 is 0 Å². The van der Waals surface area contributed by atoms with Gasteiger partial charge in [-0.15, -0.1) is 0 Å². The maximum atomic E-state index is 12.0. The predicted octanol–water partition coefficient (Wildman–Crippen LogP) is 2.81. The van der Waals surface area contributed by atoms with Crippen LogP contribution in [0, 0.1) is 10.1 Å². The van der Waals surface area contributed by atoms with Crippen molar-refractivity contribution in [1.29, 1.82) is 0 Å². The first-order chi connectivity index (χ1) is 9.68. The Hall–Kier alpha value is -1.19. The minimum absolute atomic E-state index is 0.0999. The van der Waals surface area contributed by atoms with Crippen LogP contribution in [0.2, 0.25) is 0 Å². The minimum Gasteiger partial charge on any atom is -0.352 e. The molecule has 1 rings (SSSR count). The summed E-state index contributed by atoms with van der Waals surface area (Å²) in [4.78, 5) is 21.5. The van der Waals surface area contributed by atoms with Crippen molar-refractivity contribution in [2.75, 3.05) is 6.54 Å². The third-order valence-electron chi connectivity index (χ3n) is 2.56. The lowest BCUT2D eigenvalue weighted by Crippen LogP contribution is -2.25. The second-order valence-electron chi connectivity index (χ2n) is 4.11. The highest BCUT2D eigenvalue weighted by Crippen LogP contribution is 2.32. The average molecular weight is 400 g/mol. The first-order valence-electron chi connectivity index (χ1n) is 5.89. The van der Waals surface area contributed by atoms with Crippen molar-refractivity contribution in [2.45, 2.75) is 24.7 Å². The van der Waals surface area contributed by atoms with E-state index in [9.17, 15) is 23.3 Å². The lowest BCUT2D eigenvalue weighted by Gasteiger charge is -2.09. The molecule has 0 aromatic heterocycles. The number of nitrogens with zero attached hydrogens (tertiary/aromatic N) is 1. The summed E-state index contributed by atoms with van der Waals surface area (Å²) in [6, 6.07) is 1.80. The molecule has 21 heavy (non-hydrogen) atoms. The number of carbonyl (C=O) groups excluding carboxylic acids is 1. The van der Waals surface area contributed by atoms with E-state index < -0.39 is 30.5 Å². The van der Waals surface area contributed by atoms with Gasteiger partial charge in [0, 0.05) is 29.4 Å². The predicted molar refractivity (Wildman–Crippen MR) is 81.1 cm³/mol. The topological polar surface area (TPSA) is 106 Å². The van der Waals surface area contributed by atoms with Crippen molar-refractivity contribution < 1.29 is 18.1 Å². The number of non-ortho nitro benzene ring substituents is 1. The largest absolute Gasteiger partial charge is 0.352 e. The number of nitrogens with one attached hydrogen (secondary N) is 1. The Morgan fingerprint density at radius 1 is 1.48 bits per heavy atom. The van der Waals surface area contributed by atoms with Crippen molar-refractivity contribution in [1.82, 2.24) is 5.32 Å². The second-order valence-corrected chi connectivity index (χ2v) is 7.44. The van der Waals surface area contributed by atoms with Crippen molar-refractivity contribution in [2.24, 2.45) is 0 Å². The van der Waals surface area contributed by atoms with Crippen LogP contribution in [0.5, 0.6) is 0 Å². The Morgan fingerprint density at radius 2 is 2.10 bits per heavy atom. The van der Waals surface area contributed by atoms with Crippen molar-refractivity contribution in [3.63, 3.8) is 0 Å². The zero-order chi connectivity index (χ0) is 16.2. The molecule has 0 aliphatic rings. The highest BCUT2D eigenvalue weighted by Gasteiger charge is 2.25. The first-order valence-corrected chi connectivity index (χ1v) is 8.99. The molecule has 0 bridgehead atoms. The van der Waals surface area contributed by atoms with Crippen LogP contribution in [0.15, 0.2) is 21.5 Å². The molecule has 1 aromatic rings. The number of rotatable bonds is 6. The molecule has 116 valence electrons. The van der Waals surface area contributed by atoms with Gasteiger partial charge in [0.25, 0.3) is 20.6 Å². The fraction of sp³-hybridized carbons (Fsp3) is 0.364. The van der Waals surface area contributed by atoms with Crippen LogP contribution in [0.1, 0.15) is 30.1 Å². The summed E-state index contributed by atoms with van der Waals surface area (Å²) in [5, 5.41) is 13.4. The van der Waals surface area contributed by atoms with E-state index in [2.05, 4.69) is 21.2 Å².